The summed E-state index contributed by atoms with van der Waals surface area (Å²) in [5.74, 6) is 0.870. The van der Waals surface area contributed by atoms with Crippen molar-refractivity contribution in [1.82, 2.24) is 10.2 Å². The predicted molar refractivity (Wildman–Crippen MR) is 95.0 cm³/mol. The number of amides is 1. The minimum atomic E-state index is -0.0624. The van der Waals surface area contributed by atoms with E-state index >= 15 is 0 Å². The fraction of sp³-hybridized carbons (Fsp3) is 0.500. The number of benzene rings is 1. The number of carbonyl (C=O) groups excluding carboxylic acids is 1. The van der Waals surface area contributed by atoms with Crippen molar-refractivity contribution in [3.63, 3.8) is 0 Å². The third-order valence-corrected chi connectivity index (χ3v) is 4.70. The van der Waals surface area contributed by atoms with Gasteiger partial charge in [0.2, 0.25) is 6.41 Å². The molecule has 1 N–H and O–H groups in total. The number of hydrogen-bond acceptors (Lipinski definition) is 2. The smallest absolute Gasteiger partial charge is 0.212 e. The number of fused-ring (bicyclic) bond motifs is 1. The molecule has 0 aromatic heterocycles. The molecule has 1 aromatic carbocycles. The van der Waals surface area contributed by atoms with E-state index < -0.39 is 0 Å². The molecule has 2 rings (SSSR count). The Morgan fingerprint density at radius 1 is 1.27 bits per heavy atom. The second-order valence-electron chi connectivity index (χ2n) is 7.74. The average molecular weight is 365 g/mol. The third kappa shape index (κ3) is 3.72. The Labute approximate surface area is 141 Å². The highest BCUT2D eigenvalue weighted by Crippen LogP contribution is 2.38. The van der Waals surface area contributed by atoms with Crippen molar-refractivity contribution < 1.29 is 4.79 Å². The van der Waals surface area contributed by atoms with Gasteiger partial charge < -0.3 is 10.2 Å². The van der Waals surface area contributed by atoms with Gasteiger partial charge >= 0.3 is 0 Å². The van der Waals surface area contributed by atoms with Crippen molar-refractivity contribution in [1.29, 1.82) is 0 Å². The molecule has 3 nitrogen and oxygen atoms in total. The molecule has 1 aromatic rings. The van der Waals surface area contributed by atoms with Crippen LogP contribution in [-0.2, 0) is 11.3 Å². The first-order chi connectivity index (χ1) is 10.1. The van der Waals surface area contributed by atoms with E-state index in [2.05, 4.69) is 79.0 Å². The topological polar surface area (TPSA) is 32.3 Å². The SMILES string of the molecule is CC(C)(C)CC(C)(C)N1Cc2c(Br)cccc2C=C1NC=O. The van der Waals surface area contributed by atoms with Crippen LogP contribution in [0.3, 0.4) is 0 Å². The standard InChI is InChI=1S/C18H25BrN2O/c1-17(2,3)11-18(4,5)21-10-14-13(7-6-8-15(14)19)9-16(21)20-12-22/h6-9,12H,10-11H2,1-5H3,(H,20,22). The number of hydrogen-bond donors (Lipinski definition) is 1. The minimum Gasteiger partial charge on any atom is -0.349 e. The van der Waals surface area contributed by atoms with Gasteiger partial charge in [-0.2, -0.15) is 0 Å². The van der Waals surface area contributed by atoms with Crippen molar-refractivity contribution >= 4 is 28.4 Å². The second kappa shape index (κ2) is 6.07. The molecule has 1 aliphatic heterocycles. The van der Waals surface area contributed by atoms with E-state index in [1.807, 2.05) is 6.07 Å². The average Bonchev–Trinajstić information content (AvgIpc) is 2.36. The Hall–Kier alpha value is -1.29. The number of carbonyl (C=O) groups is 1. The third-order valence-electron chi connectivity index (χ3n) is 3.95. The largest absolute Gasteiger partial charge is 0.349 e. The Morgan fingerprint density at radius 3 is 2.55 bits per heavy atom. The van der Waals surface area contributed by atoms with Gasteiger partial charge in [0.1, 0.15) is 5.82 Å². The highest BCUT2D eigenvalue weighted by atomic mass is 79.9. The number of rotatable bonds is 4. The van der Waals surface area contributed by atoms with Gasteiger partial charge in [-0.15, -0.1) is 0 Å². The van der Waals surface area contributed by atoms with E-state index in [9.17, 15) is 4.79 Å². The van der Waals surface area contributed by atoms with Crippen LogP contribution in [0.15, 0.2) is 28.5 Å². The van der Waals surface area contributed by atoms with Crippen LogP contribution in [-0.4, -0.2) is 16.8 Å². The summed E-state index contributed by atoms with van der Waals surface area (Å²) in [6, 6.07) is 6.17. The Morgan fingerprint density at radius 2 is 1.95 bits per heavy atom. The lowest BCUT2D eigenvalue weighted by Crippen LogP contribution is -2.49. The molecule has 22 heavy (non-hydrogen) atoms. The quantitative estimate of drug-likeness (QED) is 0.796. The van der Waals surface area contributed by atoms with Gasteiger partial charge in [-0.05, 0) is 49.0 Å². The van der Waals surface area contributed by atoms with Crippen LogP contribution in [0.2, 0.25) is 0 Å². The number of nitrogens with one attached hydrogen (secondary N) is 1. The molecule has 0 bridgehead atoms. The second-order valence-corrected chi connectivity index (χ2v) is 8.59. The van der Waals surface area contributed by atoms with Crippen molar-refractivity contribution in [2.45, 2.75) is 53.1 Å². The Balaban J connectivity index is 2.43. The molecule has 1 amide bonds. The molecule has 0 saturated heterocycles. The number of nitrogens with zero attached hydrogens (tertiary/aromatic N) is 1. The van der Waals surface area contributed by atoms with Crippen LogP contribution in [0.1, 0.15) is 52.2 Å². The van der Waals surface area contributed by atoms with Crippen molar-refractivity contribution in [3.05, 3.63) is 39.6 Å². The predicted octanol–water partition coefficient (Wildman–Crippen LogP) is 4.52. The lowest BCUT2D eigenvalue weighted by molar-refractivity contribution is -0.109. The van der Waals surface area contributed by atoms with Gasteiger partial charge in [0.05, 0.1) is 0 Å². The van der Waals surface area contributed by atoms with Gasteiger partial charge in [0.25, 0.3) is 0 Å². The summed E-state index contributed by atoms with van der Waals surface area (Å²) in [5, 5.41) is 2.88. The lowest BCUT2D eigenvalue weighted by Gasteiger charge is -2.46. The molecule has 0 radical (unpaired) electrons. The monoisotopic (exact) mass is 364 g/mol. The first-order valence-electron chi connectivity index (χ1n) is 7.61. The zero-order chi connectivity index (χ0) is 16.5. The zero-order valence-electron chi connectivity index (χ0n) is 14.0. The fourth-order valence-electron chi connectivity index (χ4n) is 3.46. The number of halogens is 1. The molecule has 1 aliphatic rings. The van der Waals surface area contributed by atoms with Crippen LogP contribution in [0, 0.1) is 5.41 Å². The molecular formula is C18H25BrN2O. The van der Waals surface area contributed by atoms with E-state index in [4.69, 9.17) is 0 Å². The lowest BCUT2D eigenvalue weighted by atomic mass is 9.80. The van der Waals surface area contributed by atoms with Crippen molar-refractivity contribution in [3.8, 4) is 0 Å². The molecule has 0 unspecified atom stereocenters. The van der Waals surface area contributed by atoms with Crippen LogP contribution in [0.25, 0.3) is 6.08 Å². The van der Waals surface area contributed by atoms with Crippen LogP contribution < -0.4 is 5.32 Å². The van der Waals surface area contributed by atoms with Crippen LogP contribution >= 0.6 is 15.9 Å². The first kappa shape index (κ1) is 17.1. The van der Waals surface area contributed by atoms with E-state index in [-0.39, 0.29) is 11.0 Å². The summed E-state index contributed by atoms with van der Waals surface area (Å²) in [6.07, 6.45) is 3.84. The van der Waals surface area contributed by atoms with Gasteiger partial charge in [-0.25, -0.2) is 0 Å². The molecule has 0 spiro atoms. The van der Waals surface area contributed by atoms with Gasteiger partial charge in [-0.1, -0.05) is 48.8 Å². The maximum absolute atomic E-state index is 11.0. The van der Waals surface area contributed by atoms with Crippen molar-refractivity contribution in [2.24, 2.45) is 5.41 Å². The van der Waals surface area contributed by atoms with Gasteiger partial charge in [0, 0.05) is 16.6 Å². The Kier molecular flexibility index (Phi) is 4.71. The zero-order valence-corrected chi connectivity index (χ0v) is 15.6. The van der Waals surface area contributed by atoms with E-state index in [0.717, 1.165) is 35.2 Å². The molecule has 1 heterocycles. The minimum absolute atomic E-state index is 0.0624. The molecule has 0 saturated carbocycles. The summed E-state index contributed by atoms with van der Waals surface area (Å²) in [7, 11) is 0. The fourth-order valence-corrected chi connectivity index (χ4v) is 3.97. The molecule has 0 fully saturated rings. The maximum atomic E-state index is 11.0. The molecular weight excluding hydrogens is 340 g/mol. The normalized spacial score (nSPS) is 15.2. The molecule has 0 aliphatic carbocycles. The van der Waals surface area contributed by atoms with Crippen LogP contribution in [0.5, 0.6) is 0 Å². The summed E-state index contributed by atoms with van der Waals surface area (Å²) >= 11 is 3.65. The maximum Gasteiger partial charge on any atom is 0.212 e. The van der Waals surface area contributed by atoms with Gasteiger partial charge in [0.15, 0.2) is 0 Å². The summed E-state index contributed by atoms with van der Waals surface area (Å²) in [4.78, 5) is 13.3. The van der Waals surface area contributed by atoms with E-state index in [1.54, 1.807) is 0 Å². The summed E-state index contributed by atoms with van der Waals surface area (Å²) in [5.41, 5.74) is 2.57. The summed E-state index contributed by atoms with van der Waals surface area (Å²) in [6.45, 7) is 12.0. The van der Waals surface area contributed by atoms with Gasteiger partial charge in [-0.3, -0.25) is 4.79 Å². The Bertz CT molecular complexity index is 600. The molecule has 120 valence electrons. The van der Waals surface area contributed by atoms with E-state index in [0.29, 0.717) is 0 Å². The highest BCUT2D eigenvalue weighted by molar-refractivity contribution is 9.10. The van der Waals surface area contributed by atoms with E-state index in [1.165, 1.54) is 5.56 Å². The summed E-state index contributed by atoms with van der Waals surface area (Å²) < 4.78 is 1.11. The van der Waals surface area contributed by atoms with Crippen molar-refractivity contribution in [2.75, 3.05) is 0 Å². The molecule has 4 heteroatoms. The molecule has 0 atom stereocenters. The highest BCUT2D eigenvalue weighted by Gasteiger charge is 2.35. The van der Waals surface area contributed by atoms with Crippen LogP contribution in [0.4, 0.5) is 0 Å². The first-order valence-corrected chi connectivity index (χ1v) is 8.40.